The van der Waals surface area contributed by atoms with Gasteiger partial charge in [0.1, 0.15) is 11.6 Å². The van der Waals surface area contributed by atoms with Crippen LogP contribution in [0.4, 0.5) is 0 Å². The highest BCUT2D eigenvalue weighted by molar-refractivity contribution is 9.09. The number of carboxylic acids is 1. The molecule has 3 saturated heterocycles. The number of alkyl halides is 1. The third kappa shape index (κ3) is 3.70. The number of aliphatic carboxylic acids is 1. The molecule has 3 heterocycles. The minimum atomic E-state index is -1.23. The molecule has 0 aromatic carbocycles. The van der Waals surface area contributed by atoms with Crippen molar-refractivity contribution in [3.63, 3.8) is 0 Å². The average Bonchev–Trinajstić information content (AvgIpc) is 3.30. The standard InChI is InChI=1S/C23H35BrN2O6/c1-6-8-13(5)25(9-7-2)21(29)19-23-10-14(24)18(32-23)16(22(30)31)17(23)20(28)26(19)15(11-27)12(3)4/h7,12-19,27H,2,6,8-11H2,1,3-5H3,(H,30,31)/t13?,14?,15-,16-,17+,18-,19-,23+/m0/s1. The lowest BCUT2D eigenvalue weighted by Crippen LogP contribution is -2.60. The van der Waals surface area contributed by atoms with E-state index in [1.807, 2.05) is 27.7 Å². The first-order valence-corrected chi connectivity index (χ1v) is 12.4. The summed E-state index contributed by atoms with van der Waals surface area (Å²) in [4.78, 5) is 42.9. The molecule has 8 nitrogen and oxygen atoms in total. The van der Waals surface area contributed by atoms with E-state index < -0.39 is 47.5 Å². The number of carbonyl (C=O) groups excluding carboxylic acids is 2. The first kappa shape index (κ1) is 25.2. The quantitative estimate of drug-likeness (QED) is 0.341. The normalized spacial score (nSPS) is 35.2. The first-order chi connectivity index (χ1) is 15.1. The molecular weight excluding hydrogens is 480 g/mol. The van der Waals surface area contributed by atoms with E-state index in [1.54, 1.807) is 11.0 Å². The minimum Gasteiger partial charge on any atom is -0.481 e. The SMILES string of the molecule is C=CCN(C(=O)[C@@H]1N([C@@H](CO)C(C)C)C(=O)[C@H]2[C@H](C(=O)O)[C@H]3O[C@@]12CC3Br)C(C)CCC. The summed E-state index contributed by atoms with van der Waals surface area (Å²) in [6.45, 7) is 11.6. The van der Waals surface area contributed by atoms with Crippen molar-refractivity contribution in [3.05, 3.63) is 12.7 Å². The maximum Gasteiger partial charge on any atom is 0.310 e. The summed E-state index contributed by atoms with van der Waals surface area (Å²) < 4.78 is 6.30. The Kier molecular flexibility index (Phi) is 7.42. The molecule has 0 aromatic rings. The molecule has 9 heteroatoms. The lowest BCUT2D eigenvalue weighted by atomic mass is 9.70. The second kappa shape index (κ2) is 9.43. The number of hydrogen-bond acceptors (Lipinski definition) is 5. The van der Waals surface area contributed by atoms with Crippen LogP contribution in [0.25, 0.3) is 0 Å². The summed E-state index contributed by atoms with van der Waals surface area (Å²) in [5.41, 5.74) is -1.23. The van der Waals surface area contributed by atoms with Crippen molar-refractivity contribution in [2.24, 2.45) is 17.8 Å². The summed E-state index contributed by atoms with van der Waals surface area (Å²) >= 11 is 3.55. The van der Waals surface area contributed by atoms with Gasteiger partial charge in [-0.1, -0.05) is 49.2 Å². The number of nitrogens with zero attached hydrogens (tertiary/aromatic N) is 2. The second-order valence-electron chi connectivity index (χ2n) is 9.66. The Labute approximate surface area is 198 Å². The smallest absolute Gasteiger partial charge is 0.310 e. The fourth-order valence-corrected chi connectivity index (χ4v) is 6.91. The largest absolute Gasteiger partial charge is 0.481 e. The van der Waals surface area contributed by atoms with Crippen molar-refractivity contribution in [2.45, 2.75) is 81.6 Å². The van der Waals surface area contributed by atoms with Crippen molar-refractivity contribution < 1.29 is 29.3 Å². The van der Waals surface area contributed by atoms with E-state index in [4.69, 9.17) is 4.74 Å². The maximum atomic E-state index is 14.1. The Balaban J connectivity index is 2.14. The monoisotopic (exact) mass is 514 g/mol. The van der Waals surface area contributed by atoms with Crippen molar-refractivity contribution in [1.82, 2.24) is 9.80 Å². The van der Waals surface area contributed by atoms with E-state index >= 15 is 0 Å². The number of rotatable bonds is 10. The molecule has 3 aliphatic heterocycles. The molecule has 3 fully saturated rings. The van der Waals surface area contributed by atoms with E-state index in [9.17, 15) is 24.6 Å². The topological polar surface area (TPSA) is 107 Å². The number of fused-ring (bicyclic) bond motifs is 1. The van der Waals surface area contributed by atoms with Gasteiger partial charge in [-0.3, -0.25) is 14.4 Å². The molecule has 180 valence electrons. The van der Waals surface area contributed by atoms with Gasteiger partial charge in [0.25, 0.3) is 0 Å². The second-order valence-corrected chi connectivity index (χ2v) is 10.8. The van der Waals surface area contributed by atoms with Crippen LogP contribution >= 0.6 is 15.9 Å². The Morgan fingerprint density at radius 1 is 1.41 bits per heavy atom. The lowest BCUT2D eigenvalue weighted by molar-refractivity contribution is -0.155. The zero-order chi connectivity index (χ0) is 24.0. The summed E-state index contributed by atoms with van der Waals surface area (Å²) in [6.07, 6.45) is 3.02. The predicted octanol–water partition coefficient (Wildman–Crippen LogP) is 2.04. The van der Waals surface area contributed by atoms with Crippen LogP contribution < -0.4 is 0 Å². The number of carboxylic acid groups (broad SMARTS) is 1. The number of ether oxygens (including phenoxy) is 1. The van der Waals surface area contributed by atoms with Gasteiger partial charge in [-0.25, -0.2) is 0 Å². The molecule has 2 amide bonds. The summed E-state index contributed by atoms with van der Waals surface area (Å²) in [5.74, 6) is -3.89. The van der Waals surface area contributed by atoms with Crippen LogP contribution in [-0.2, 0) is 19.1 Å². The van der Waals surface area contributed by atoms with Crippen molar-refractivity contribution in [2.75, 3.05) is 13.2 Å². The third-order valence-electron chi connectivity index (χ3n) is 7.41. The lowest BCUT2D eigenvalue weighted by Gasteiger charge is -2.41. The van der Waals surface area contributed by atoms with E-state index in [0.29, 0.717) is 13.0 Å². The van der Waals surface area contributed by atoms with Gasteiger partial charge in [0.05, 0.1) is 30.6 Å². The number of aliphatic hydroxyl groups excluding tert-OH is 1. The van der Waals surface area contributed by atoms with Gasteiger partial charge in [0.2, 0.25) is 11.8 Å². The molecule has 3 aliphatic rings. The molecule has 2 N–H and O–H groups in total. The van der Waals surface area contributed by atoms with Crippen molar-refractivity contribution in [3.8, 4) is 0 Å². The van der Waals surface area contributed by atoms with Crippen LogP contribution in [0.1, 0.15) is 47.0 Å². The number of likely N-dealkylation sites (tertiary alicyclic amines) is 1. The van der Waals surface area contributed by atoms with Gasteiger partial charge in [-0.2, -0.15) is 0 Å². The van der Waals surface area contributed by atoms with Crippen molar-refractivity contribution >= 4 is 33.7 Å². The Bertz CT molecular complexity index is 776. The van der Waals surface area contributed by atoms with Crippen LogP contribution in [-0.4, -0.2) is 85.6 Å². The Morgan fingerprint density at radius 3 is 2.56 bits per heavy atom. The fraction of sp³-hybridized carbons (Fsp3) is 0.783. The maximum absolute atomic E-state index is 14.1. The van der Waals surface area contributed by atoms with E-state index in [1.165, 1.54) is 4.90 Å². The van der Waals surface area contributed by atoms with Crippen LogP contribution in [0, 0.1) is 17.8 Å². The average molecular weight is 515 g/mol. The first-order valence-electron chi connectivity index (χ1n) is 11.5. The molecule has 0 radical (unpaired) electrons. The number of hydrogen-bond donors (Lipinski definition) is 2. The molecule has 0 aromatic heterocycles. The molecule has 3 rings (SSSR count). The summed E-state index contributed by atoms with van der Waals surface area (Å²) in [6, 6.07) is -1.69. The van der Waals surface area contributed by atoms with E-state index in [-0.39, 0.29) is 29.3 Å². The molecule has 32 heavy (non-hydrogen) atoms. The predicted molar refractivity (Wildman–Crippen MR) is 122 cm³/mol. The van der Waals surface area contributed by atoms with Crippen LogP contribution in [0.5, 0.6) is 0 Å². The zero-order valence-electron chi connectivity index (χ0n) is 19.2. The minimum absolute atomic E-state index is 0.0850. The van der Waals surface area contributed by atoms with Gasteiger partial charge < -0.3 is 24.7 Å². The number of aliphatic hydroxyl groups is 1. The molecule has 0 aliphatic carbocycles. The Hall–Kier alpha value is -1.45. The van der Waals surface area contributed by atoms with Gasteiger partial charge in [0, 0.05) is 17.4 Å². The summed E-state index contributed by atoms with van der Waals surface area (Å²) in [7, 11) is 0. The van der Waals surface area contributed by atoms with Gasteiger partial charge >= 0.3 is 5.97 Å². The van der Waals surface area contributed by atoms with Crippen LogP contribution in [0.15, 0.2) is 12.7 Å². The van der Waals surface area contributed by atoms with Crippen LogP contribution in [0.3, 0.4) is 0 Å². The summed E-state index contributed by atoms with van der Waals surface area (Å²) in [5, 5.41) is 20.1. The Morgan fingerprint density at radius 2 is 2.06 bits per heavy atom. The third-order valence-corrected chi connectivity index (χ3v) is 8.25. The van der Waals surface area contributed by atoms with Gasteiger partial charge in [0.15, 0.2) is 0 Å². The van der Waals surface area contributed by atoms with Crippen LogP contribution in [0.2, 0.25) is 0 Å². The molecular formula is C23H35BrN2O6. The van der Waals surface area contributed by atoms with E-state index in [2.05, 4.69) is 22.5 Å². The van der Waals surface area contributed by atoms with Gasteiger partial charge in [-0.15, -0.1) is 6.58 Å². The molecule has 1 spiro atoms. The van der Waals surface area contributed by atoms with E-state index in [0.717, 1.165) is 12.8 Å². The number of amides is 2. The molecule has 8 atom stereocenters. The number of halogens is 1. The highest BCUT2D eigenvalue weighted by atomic mass is 79.9. The van der Waals surface area contributed by atoms with Gasteiger partial charge in [-0.05, 0) is 25.7 Å². The molecule has 2 bridgehead atoms. The molecule has 2 unspecified atom stereocenters. The highest BCUT2D eigenvalue weighted by Crippen LogP contribution is 2.60. The highest BCUT2D eigenvalue weighted by Gasteiger charge is 2.77. The molecule has 0 saturated carbocycles. The fourth-order valence-electron chi connectivity index (χ4n) is 5.96. The zero-order valence-corrected chi connectivity index (χ0v) is 20.8. The number of carbonyl (C=O) groups is 3. The van der Waals surface area contributed by atoms with Crippen molar-refractivity contribution in [1.29, 1.82) is 0 Å².